The lowest BCUT2D eigenvalue weighted by atomic mass is 10.0. The first-order valence-corrected chi connectivity index (χ1v) is 9.41. The van der Waals surface area contributed by atoms with Crippen LogP contribution in [0.1, 0.15) is 42.2 Å². The molecule has 1 aromatic carbocycles. The Morgan fingerprint density at radius 3 is 2.88 bits per heavy atom. The molecule has 0 aliphatic carbocycles. The zero-order valence-corrected chi connectivity index (χ0v) is 15.6. The van der Waals surface area contributed by atoms with Crippen molar-refractivity contribution < 1.29 is 4.79 Å². The van der Waals surface area contributed by atoms with Gasteiger partial charge in [-0.25, -0.2) is 4.98 Å². The van der Waals surface area contributed by atoms with E-state index in [0.717, 1.165) is 31.9 Å². The first kappa shape index (κ1) is 18.4. The quantitative estimate of drug-likeness (QED) is 0.839. The van der Waals surface area contributed by atoms with Gasteiger partial charge in [0.15, 0.2) is 0 Å². The van der Waals surface area contributed by atoms with E-state index in [2.05, 4.69) is 58.6 Å². The molecule has 5 heteroatoms. The van der Waals surface area contributed by atoms with Crippen LogP contribution in [0.25, 0.3) is 0 Å². The van der Waals surface area contributed by atoms with Crippen LogP contribution >= 0.6 is 0 Å². The zero-order chi connectivity index (χ0) is 18.4. The molecule has 0 spiro atoms. The van der Waals surface area contributed by atoms with E-state index in [9.17, 15) is 4.79 Å². The summed E-state index contributed by atoms with van der Waals surface area (Å²) >= 11 is 0. The number of piperazine rings is 1. The third-order valence-electron chi connectivity index (χ3n) is 4.72. The monoisotopic (exact) mass is 352 g/mol. The van der Waals surface area contributed by atoms with Crippen molar-refractivity contribution in [1.82, 2.24) is 15.6 Å². The summed E-state index contributed by atoms with van der Waals surface area (Å²) in [6.45, 7) is 7.64. The van der Waals surface area contributed by atoms with Crippen molar-refractivity contribution in [2.45, 2.75) is 26.3 Å². The maximum atomic E-state index is 12.4. The number of aromatic nitrogens is 1. The Morgan fingerprint density at radius 2 is 2.12 bits per heavy atom. The summed E-state index contributed by atoms with van der Waals surface area (Å²) in [6.07, 6.45) is 2.71. The third kappa shape index (κ3) is 4.82. The smallest absolute Gasteiger partial charge is 0.251 e. The number of pyridine rings is 1. The summed E-state index contributed by atoms with van der Waals surface area (Å²) in [4.78, 5) is 19.1. The average Bonchev–Trinajstić information content (AvgIpc) is 2.68. The minimum absolute atomic E-state index is 0.0240. The molecule has 2 N–H and O–H groups in total. The molecule has 138 valence electrons. The van der Waals surface area contributed by atoms with E-state index in [1.54, 1.807) is 12.3 Å². The van der Waals surface area contributed by atoms with Crippen LogP contribution in [0.5, 0.6) is 0 Å². The third-order valence-corrected chi connectivity index (χ3v) is 4.72. The number of hydrogen-bond acceptors (Lipinski definition) is 4. The molecule has 0 radical (unpaired) electrons. The summed E-state index contributed by atoms with van der Waals surface area (Å²) in [5.41, 5.74) is 1.95. The van der Waals surface area contributed by atoms with Crippen molar-refractivity contribution in [3.8, 4) is 0 Å². The Hall–Kier alpha value is -2.40. The maximum Gasteiger partial charge on any atom is 0.251 e. The molecule has 2 heterocycles. The second-order valence-electron chi connectivity index (χ2n) is 7.20. The molecular formula is C21H28N4O. The van der Waals surface area contributed by atoms with E-state index in [4.69, 9.17) is 0 Å². The van der Waals surface area contributed by atoms with Gasteiger partial charge in [-0.1, -0.05) is 44.2 Å². The van der Waals surface area contributed by atoms with Gasteiger partial charge in [-0.2, -0.15) is 0 Å². The van der Waals surface area contributed by atoms with Crippen LogP contribution < -0.4 is 15.5 Å². The van der Waals surface area contributed by atoms with Crippen molar-refractivity contribution in [3.05, 3.63) is 59.8 Å². The Labute approximate surface area is 155 Å². The normalized spacial score (nSPS) is 17.3. The molecule has 1 unspecified atom stereocenters. The second-order valence-corrected chi connectivity index (χ2v) is 7.20. The van der Waals surface area contributed by atoms with Crippen LogP contribution in [-0.2, 0) is 0 Å². The van der Waals surface area contributed by atoms with E-state index in [-0.39, 0.29) is 11.9 Å². The SMILES string of the molecule is CC(C)CCNC(=O)c1ccnc(N2CCNC(c3ccccc3)C2)c1. The molecule has 1 fully saturated rings. The number of amides is 1. The molecule has 26 heavy (non-hydrogen) atoms. The fourth-order valence-corrected chi connectivity index (χ4v) is 3.18. The molecule has 1 amide bonds. The minimum Gasteiger partial charge on any atom is -0.353 e. The molecule has 5 nitrogen and oxygen atoms in total. The summed E-state index contributed by atoms with van der Waals surface area (Å²) < 4.78 is 0. The molecular weight excluding hydrogens is 324 g/mol. The molecule has 1 aliphatic rings. The fourth-order valence-electron chi connectivity index (χ4n) is 3.18. The van der Waals surface area contributed by atoms with Crippen molar-refractivity contribution in [3.63, 3.8) is 0 Å². The number of carbonyl (C=O) groups excluding carboxylic acids is 1. The largest absolute Gasteiger partial charge is 0.353 e. The number of benzene rings is 1. The van der Waals surface area contributed by atoms with Crippen LogP contribution in [0.2, 0.25) is 0 Å². The van der Waals surface area contributed by atoms with E-state index in [1.807, 2.05) is 12.1 Å². The average molecular weight is 352 g/mol. The molecule has 1 atom stereocenters. The van der Waals surface area contributed by atoms with E-state index in [0.29, 0.717) is 18.0 Å². The number of anilines is 1. The molecule has 0 saturated carbocycles. The Morgan fingerprint density at radius 1 is 1.31 bits per heavy atom. The summed E-state index contributed by atoms with van der Waals surface area (Å²) in [6, 6.07) is 14.4. The van der Waals surface area contributed by atoms with Gasteiger partial charge in [0.25, 0.3) is 5.91 Å². The standard InChI is InChI=1S/C21H28N4O/c1-16(2)8-10-24-21(26)18-9-11-23-20(14-18)25-13-12-22-19(15-25)17-6-4-3-5-7-17/h3-7,9,11,14,16,19,22H,8,10,12-13,15H2,1-2H3,(H,24,26). The van der Waals surface area contributed by atoms with Crippen molar-refractivity contribution in [2.24, 2.45) is 5.92 Å². The van der Waals surface area contributed by atoms with Crippen molar-refractivity contribution >= 4 is 11.7 Å². The Kier molecular flexibility index (Phi) is 6.23. The van der Waals surface area contributed by atoms with Gasteiger partial charge in [0, 0.05) is 44.0 Å². The van der Waals surface area contributed by atoms with Gasteiger partial charge in [0.05, 0.1) is 0 Å². The second kappa shape index (κ2) is 8.81. The van der Waals surface area contributed by atoms with Gasteiger partial charge in [-0.3, -0.25) is 4.79 Å². The van der Waals surface area contributed by atoms with E-state index < -0.39 is 0 Å². The van der Waals surface area contributed by atoms with Crippen LogP contribution in [0.15, 0.2) is 48.7 Å². The highest BCUT2D eigenvalue weighted by atomic mass is 16.1. The minimum atomic E-state index is -0.0240. The number of carbonyl (C=O) groups is 1. The van der Waals surface area contributed by atoms with Gasteiger partial charge in [-0.15, -0.1) is 0 Å². The first-order chi connectivity index (χ1) is 12.6. The number of hydrogen-bond donors (Lipinski definition) is 2. The fraction of sp³-hybridized carbons (Fsp3) is 0.429. The number of nitrogens with one attached hydrogen (secondary N) is 2. The molecule has 3 rings (SSSR count). The van der Waals surface area contributed by atoms with Crippen molar-refractivity contribution in [2.75, 3.05) is 31.1 Å². The van der Waals surface area contributed by atoms with Crippen LogP contribution in [0, 0.1) is 5.92 Å². The molecule has 0 bridgehead atoms. The number of nitrogens with zero attached hydrogens (tertiary/aromatic N) is 2. The van der Waals surface area contributed by atoms with E-state index >= 15 is 0 Å². The van der Waals surface area contributed by atoms with Crippen molar-refractivity contribution in [1.29, 1.82) is 0 Å². The summed E-state index contributed by atoms with van der Waals surface area (Å²) in [5.74, 6) is 1.42. The van der Waals surface area contributed by atoms with Gasteiger partial charge < -0.3 is 15.5 Å². The summed E-state index contributed by atoms with van der Waals surface area (Å²) in [7, 11) is 0. The Balaban J connectivity index is 1.66. The molecule has 1 aliphatic heterocycles. The first-order valence-electron chi connectivity index (χ1n) is 9.41. The van der Waals surface area contributed by atoms with E-state index in [1.165, 1.54) is 5.56 Å². The lowest BCUT2D eigenvalue weighted by molar-refractivity contribution is 0.0952. The van der Waals surface area contributed by atoms with Gasteiger partial charge >= 0.3 is 0 Å². The van der Waals surface area contributed by atoms with Gasteiger partial charge in [-0.05, 0) is 30.0 Å². The number of rotatable bonds is 6. The van der Waals surface area contributed by atoms with Crippen LogP contribution in [0.4, 0.5) is 5.82 Å². The zero-order valence-electron chi connectivity index (χ0n) is 15.6. The highest BCUT2D eigenvalue weighted by molar-refractivity contribution is 5.94. The Bertz CT molecular complexity index is 717. The molecule has 1 aromatic heterocycles. The van der Waals surface area contributed by atoms with Gasteiger partial charge in [0.2, 0.25) is 0 Å². The topological polar surface area (TPSA) is 57.3 Å². The maximum absolute atomic E-state index is 12.4. The predicted molar refractivity (Wildman–Crippen MR) is 105 cm³/mol. The van der Waals surface area contributed by atoms with Crippen LogP contribution in [0.3, 0.4) is 0 Å². The lowest BCUT2D eigenvalue weighted by Crippen LogP contribution is -2.46. The molecule has 2 aromatic rings. The lowest BCUT2D eigenvalue weighted by Gasteiger charge is -2.34. The summed E-state index contributed by atoms with van der Waals surface area (Å²) in [5, 5.41) is 6.56. The molecule has 1 saturated heterocycles. The highest BCUT2D eigenvalue weighted by Gasteiger charge is 2.22. The van der Waals surface area contributed by atoms with Gasteiger partial charge in [0.1, 0.15) is 5.82 Å². The highest BCUT2D eigenvalue weighted by Crippen LogP contribution is 2.21. The predicted octanol–water partition coefficient (Wildman–Crippen LogP) is 3.01. The van der Waals surface area contributed by atoms with Crippen LogP contribution in [-0.4, -0.2) is 37.1 Å².